The molecular formula is C22H28N8O6S. The zero-order valence-electron chi connectivity index (χ0n) is 20.3. The largest absolute Gasteiger partial charge is 0.464 e. The third-order valence-electron chi connectivity index (χ3n) is 5.52. The fourth-order valence-corrected chi connectivity index (χ4v) is 5.24. The van der Waals surface area contributed by atoms with Crippen LogP contribution >= 0.6 is 0 Å². The molecule has 0 saturated heterocycles. The van der Waals surface area contributed by atoms with E-state index in [0.717, 1.165) is 17.4 Å². The molecule has 1 aliphatic rings. The molecule has 0 radical (unpaired) electrons. The lowest BCUT2D eigenvalue weighted by Gasteiger charge is -2.18. The van der Waals surface area contributed by atoms with E-state index in [1.54, 1.807) is 24.4 Å². The molecule has 0 aliphatic carbocycles. The minimum absolute atomic E-state index is 0.0355. The van der Waals surface area contributed by atoms with Crippen molar-refractivity contribution in [3.8, 4) is 0 Å². The highest BCUT2D eigenvalue weighted by Gasteiger charge is 2.31. The number of amides is 1. The number of nitrogens with one attached hydrogen (secondary N) is 5. The number of H-pyrrole nitrogens is 1. The molecule has 1 amide bonds. The molecule has 0 bridgehead atoms. The smallest absolute Gasteiger partial charge is 0.326 e. The SMILES string of the molecule is Cc1noc(C)c1S(=O)(=O)NC(CNC(=O)c1ccc2[nH]ncc2c1)C(=O)OCCCNC1=NCCN1. The van der Waals surface area contributed by atoms with Crippen LogP contribution in [0.15, 0.2) is 38.8 Å². The molecule has 4 rings (SSSR count). The summed E-state index contributed by atoms with van der Waals surface area (Å²) < 4.78 is 38.7. The van der Waals surface area contributed by atoms with E-state index in [1.807, 2.05) is 0 Å². The van der Waals surface area contributed by atoms with Gasteiger partial charge in [-0.25, -0.2) is 8.42 Å². The first-order valence-electron chi connectivity index (χ1n) is 11.6. The normalized spacial score (nSPS) is 14.2. The third-order valence-corrected chi connectivity index (χ3v) is 7.23. The van der Waals surface area contributed by atoms with E-state index < -0.39 is 27.9 Å². The monoisotopic (exact) mass is 532 g/mol. The number of guanidine groups is 1. The molecule has 0 spiro atoms. The molecule has 0 saturated carbocycles. The van der Waals surface area contributed by atoms with Crippen LogP contribution in [0.3, 0.4) is 0 Å². The number of hydrogen-bond donors (Lipinski definition) is 5. The Hall–Kier alpha value is -3.98. The maximum atomic E-state index is 13.0. The van der Waals surface area contributed by atoms with Crippen molar-refractivity contribution < 1.29 is 27.3 Å². The van der Waals surface area contributed by atoms with Crippen molar-refractivity contribution in [1.82, 2.24) is 36.0 Å². The summed E-state index contributed by atoms with van der Waals surface area (Å²) in [6, 6.07) is 3.53. The summed E-state index contributed by atoms with van der Waals surface area (Å²) in [5.41, 5.74) is 1.23. The zero-order valence-corrected chi connectivity index (χ0v) is 21.1. The number of carbonyl (C=O) groups is 2. The van der Waals surface area contributed by atoms with Crippen molar-refractivity contribution in [2.75, 3.05) is 32.8 Å². The molecule has 1 aromatic carbocycles. The molecule has 15 heteroatoms. The van der Waals surface area contributed by atoms with Crippen LogP contribution in [0.2, 0.25) is 0 Å². The van der Waals surface area contributed by atoms with Crippen molar-refractivity contribution >= 4 is 38.8 Å². The average molecular weight is 533 g/mol. The molecular weight excluding hydrogens is 504 g/mol. The number of esters is 1. The van der Waals surface area contributed by atoms with Crippen molar-refractivity contribution in [1.29, 1.82) is 0 Å². The Kier molecular flexibility index (Phi) is 8.03. The van der Waals surface area contributed by atoms with E-state index in [1.165, 1.54) is 13.8 Å². The van der Waals surface area contributed by atoms with E-state index in [-0.39, 0.29) is 29.5 Å². The van der Waals surface area contributed by atoms with Crippen molar-refractivity contribution in [3.05, 3.63) is 41.4 Å². The third kappa shape index (κ3) is 6.42. The van der Waals surface area contributed by atoms with Crippen LogP contribution < -0.4 is 20.7 Å². The first kappa shape index (κ1) is 26.1. The van der Waals surface area contributed by atoms with Gasteiger partial charge in [0.05, 0.1) is 24.9 Å². The van der Waals surface area contributed by atoms with Gasteiger partial charge >= 0.3 is 5.97 Å². The lowest BCUT2D eigenvalue weighted by Crippen LogP contribution is -2.49. The van der Waals surface area contributed by atoms with Gasteiger partial charge in [-0.2, -0.15) is 9.82 Å². The van der Waals surface area contributed by atoms with Crippen molar-refractivity contribution in [2.45, 2.75) is 31.2 Å². The maximum Gasteiger partial charge on any atom is 0.326 e. The van der Waals surface area contributed by atoms with Crippen LogP contribution in [0.25, 0.3) is 10.9 Å². The molecule has 1 atom stereocenters. The van der Waals surface area contributed by atoms with Crippen LogP contribution in [0.5, 0.6) is 0 Å². The van der Waals surface area contributed by atoms with Crippen LogP contribution in [0.4, 0.5) is 0 Å². The number of carbonyl (C=O) groups excluding carboxylic acids is 2. The molecule has 3 heterocycles. The van der Waals surface area contributed by atoms with E-state index in [2.05, 4.69) is 41.0 Å². The minimum atomic E-state index is -4.21. The Morgan fingerprint density at radius 3 is 2.84 bits per heavy atom. The van der Waals surface area contributed by atoms with Gasteiger partial charge < -0.3 is 25.2 Å². The van der Waals surface area contributed by atoms with Gasteiger partial charge in [0.2, 0.25) is 10.0 Å². The number of fused-ring (bicyclic) bond motifs is 1. The molecule has 198 valence electrons. The topological polar surface area (TPSA) is 193 Å². The van der Waals surface area contributed by atoms with Gasteiger partial charge in [0.1, 0.15) is 16.6 Å². The van der Waals surface area contributed by atoms with Gasteiger partial charge in [-0.1, -0.05) is 5.16 Å². The number of aromatic amines is 1. The Balaban J connectivity index is 1.40. The van der Waals surface area contributed by atoms with Crippen LogP contribution in [-0.4, -0.2) is 80.4 Å². The number of aryl methyl sites for hydroxylation is 2. The van der Waals surface area contributed by atoms with E-state index >= 15 is 0 Å². The van der Waals surface area contributed by atoms with Gasteiger partial charge in [0.25, 0.3) is 5.91 Å². The van der Waals surface area contributed by atoms with E-state index in [4.69, 9.17) is 9.26 Å². The van der Waals surface area contributed by atoms with Crippen molar-refractivity contribution in [2.24, 2.45) is 4.99 Å². The summed E-state index contributed by atoms with van der Waals surface area (Å²) >= 11 is 0. The van der Waals surface area contributed by atoms with Crippen LogP contribution in [0.1, 0.15) is 28.2 Å². The highest BCUT2D eigenvalue weighted by atomic mass is 32.2. The van der Waals surface area contributed by atoms with E-state index in [0.29, 0.717) is 31.0 Å². The summed E-state index contributed by atoms with van der Waals surface area (Å²) in [6.45, 7) is 4.59. The van der Waals surface area contributed by atoms with Gasteiger partial charge in [0.15, 0.2) is 11.7 Å². The summed E-state index contributed by atoms with van der Waals surface area (Å²) in [6.07, 6.45) is 2.04. The zero-order chi connectivity index (χ0) is 26.4. The Bertz CT molecular complexity index is 1390. The molecule has 37 heavy (non-hydrogen) atoms. The fraction of sp³-hybridized carbons (Fsp3) is 0.409. The molecule has 3 aromatic rings. The highest BCUT2D eigenvalue weighted by Crippen LogP contribution is 2.19. The quantitative estimate of drug-likeness (QED) is 0.162. The predicted octanol–water partition coefficient (Wildman–Crippen LogP) is -0.273. The Morgan fingerprint density at radius 2 is 2.11 bits per heavy atom. The molecule has 2 aromatic heterocycles. The average Bonchev–Trinajstić information content (AvgIpc) is 3.62. The van der Waals surface area contributed by atoms with Crippen LogP contribution in [0, 0.1) is 13.8 Å². The second-order valence-electron chi connectivity index (χ2n) is 8.31. The lowest BCUT2D eigenvalue weighted by molar-refractivity contribution is -0.145. The number of sulfonamides is 1. The second-order valence-corrected chi connectivity index (χ2v) is 9.96. The van der Waals surface area contributed by atoms with Gasteiger partial charge in [0, 0.05) is 30.6 Å². The van der Waals surface area contributed by atoms with Crippen molar-refractivity contribution in [3.63, 3.8) is 0 Å². The number of nitrogens with zero attached hydrogens (tertiary/aromatic N) is 3. The maximum absolute atomic E-state index is 13.0. The Morgan fingerprint density at radius 1 is 1.27 bits per heavy atom. The fourth-order valence-electron chi connectivity index (χ4n) is 3.73. The number of rotatable bonds is 11. The van der Waals surface area contributed by atoms with E-state index in [9.17, 15) is 18.0 Å². The molecule has 1 aliphatic heterocycles. The first-order chi connectivity index (χ1) is 17.7. The lowest BCUT2D eigenvalue weighted by atomic mass is 10.1. The van der Waals surface area contributed by atoms with Gasteiger partial charge in [-0.15, -0.1) is 0 Å². The van der Waals surface area contributed by atoms with Gasteiger partial charge in [-0.05, 0) is 38.5 Å². The first-order valence-corrected chi connectivity index (χ1v) is 13.1. The molecule has 14 nitrogen and oxygen atoms in total. The number of benzene rings is 1. The number of hydrogen-bond acceptors (Lipinski definition) is 11. The van der Waals surface area contributed by atoms with Gasteiger partial charge in [-0.3, -0.25) is 19.7 Å². The standard InChI is InChI=1S/C22H28N8O6S/c1-13-19(14(2)36-29-13)37(33,34)30-18(21(32)35-9-3-6-23-22-24-7-8-25-22)12-26-20(31)15-4-5-17-16(10-15)11-27-28-17/h4-5,10-11,18,30H,3,6-9,12H2,1-2H3,(H,26,31)(H,27,28)(H2,23,24,25). The summed E-state index contributed by atoms with van der Waals surface area (Å²) in [4.78, 5) is 29.6. The number of ether oxygens (including phenoxy) is 1. The molecule has 5 N–H and O–H groups in total. The predicted molar refractivity (Wildman–Crippen MR) is 132 cm³/mol. The summed E-state index contributed by atoms with van der Waals surface area (Å²) in [5.74, 6) is -0.569. The minimum Gasteiger partial charge on any atom is -0.464 e. The molecule has 1 unspecified atom stereocenters. The van der Waals surface area contributed by atoms with Crippen LogP contribution in [-0.2, 0) is 19.6 Å². The number of aromatic nitrogens is 3. The highest BCUT2D eigenvalue weighted by molar-refractivity contribution is 7.89. The number of aliphatic imine (C=N–C) groups is 1. The summed E-state index contributed by atoms with van der Waals surface area (Å²) in [7, 11) is -4.21. The molecule has 0 fully saturated rings. The summed E-state index contributed by atoms with van der Waals surface area (Å²) in [5, 5.41) is 19.9. The second kappa shape index (κ2) is 11.4. The Labute approximate surface area is 212 Å².